The van der Waals surface area contributed by atoms with Gasteiger partial charge >= 0.3 is 11.9 Å². The van der Waals surface area contributed by atoms with Crippen LogP contribution in [0, 0.1) is 0 Å². The molecule has 0 aromatic heterocycles. The van der Waals surface area contributed by atoms with Crippen molar-refractivity contribution in [2.45, 2.75) is 89.9 Å². The number of hydrogen-bond donors (Lipinski definition) is 0. The van der Waals surface area contributed by atoms with Gasteiger partial charge < -0.3 is 18.9 Å². The third-order valence-electron chi connectivity index (χ3n) is 6.96. The molecule has 0 unspecified atom stereocenters. The minimum atomic E-state index is -0.352. The monoisotopic (exact) mass is 578 g/mol. The van der Waals surface area contributed by atoms with Crippen molar-refractivity contribution < 1.29 is 28.5 Å². The zero-order chi connectivity index (χ0) is 30.1. The van der Waals surface area contributed by atoms with Gasteiger partial charge in [-0.05, 0) is 112 Å². The summed E-state index contributed by atoms with van der Waals surface area (Å²) in [6, 6.07) is 17.0. The van der Waals surface area contributed by atoms with Crippen LogP contribution in [0.25, 0.3) is 0 Å². The highest BCUT2D eigenvalue weighted by atomic mass is 16.5. The standard InChI is InChI=1S/C36H50O6/c1-3-35(37)41-29-15-9-7-13-27-39-33-23-19-31(20-24-33)17-11-5-6-12-18-32-21-25-34(26-22-32)40-28-14-8-10-16-30-42-36(38)4-2/h3-4,19-26H,1-2,5-18,27-30H2. The molecule has 0 saturated heterocycles. The number of carbonyl (C=O) groups excluding carboxylic acids is 2. The van der Waals surface area contributed by atoms with Crippen LogP contribution in [0.1, 0.15) is 88.2 Å². The van der Waals surface area contributed by atoms with Crippen LogP contribution < -0.4 is 9.47 Å². The highest BCUT2D eigenvalue weighted by Crippen LogP contribution is 2.17. The molecule has 230 valence electrons. The van der Waals surface area contributed by atoms with Crippen LogP contribution in [-0.2, 0) is 31.9 Å². The quantitative estimate of drug-likeness (QED) is 0.0670. The maximum absolute atomic E-state index is 11.0. The second-order valence-corrected chi connectivity index (χ2v) is 10.5. The Balaban J connectivity index is 1.43. The number of unbranched alkanes of at least 4 members (excludes halogenated alkanes) is 9. The first-order valence-electron chi connectivity index (χ1n) is 15.6. The van der Waals surface area contributed by atoms with E-state index in [2.05, 4.69) is 61.7 Å². The third-order valence-corrected chi connectivity index (χ3v) is 6.96. The summed E-state index contributed by atoms with van der Waals surface area (Å²) in [4.78, 5) is 22.0. The number of ether oxygens (including phenoxy) is 4. The van der Waals surface area contributed by atoms with E-state index in [-0.39, 0.29) is 11.9 Å². The largest absolute Gasteiger partial charge is 0.494 e. The Hall–Kier alpha value is -3.54. The highest BCUT2D eigenvalue weighted by Gasteiger charge is 2.01. The van der Waals surface area contributed by atoms with Gasteiger partial charge in [0, 0.05) is 12.2 Å². The van der Waals surface area contributed by atoms with Gasteiger partial charge in [0.15, 0.2) is 0 Å². The molecule has 6 nitrogen and oxygen atoms in total. The van der Waals surface area contributed by atoms with E-state index in [1.165, 1.54) is 49.0 Å². The average Bonchev–Trinajstić information content (AvgIpc) is 3.02. The molecule has 2 aromatic rings. The SMILES string of the molecule is C=CC(=O)OCCCCCCOc1ccc(CCCCCCc2ccc(OCCCCCCOC(=O)C=C)cc2)cc1. The summed E-state index contributed by atoms with van der Waals surface area (Å²) >= 11 is 0. The number of rotatable bonds is 25. The lowest BCUT2D eigenvalue weighted by Crippen LogP contribution is -2.02. The van der Waals surface area contributed by atoms with Crippen LogP contribution in [-0.4, -0.2) is 38.4 Å². The molecular formula is C36H50O6. The van der Waals surface area contributed by atoms with Crippen LogP contribution in [0.5, 0.6) is 11.5 Å². The summed E-state index contributed by atoms with van der Waals surface area (Å²) in [6.45, 7) is 9.11. The van der Waals surface area contributed by atoms with Crippen molar-refractivity contribution in [2.24, 2.45) is 0 Å². The Morgan fingerprint density at radius 3 is 1.17 bits per heavy atom. The van der Waals surface area contributed by atoms with Crippen LogP contribution in [0.2, 0.25) is 0 Å². The lowest BCUT2D eigenvalue weighted by molar-refractivity contribution is -0.138. The lowest BCUT2D eigenvalue weighted by Gasteiger charge is -2.08. The van der Waals surface area contributed by atoms with E-state index in [4.69, 9.17) is 18.9 Å². The fraction of sp³-hybridized carbons (Fsp3) is 0.500. The first-order valence-corrected chi connectivity index (χ1v) is 15.6. The number of benzene rings is 2. The molecule has 0 saturated carbocycles. The molecule has 0 aliphatic heterocycles. The zero-order valence-electron chi connectivity index (χ0n) is 25.4. The Morgan fingerprint density at radius 2 is 0.810 bits per heavy atom. The molecule has 2 aromatic carbocycles. The number of esters is 2. The van der Waals surface area contributed by atoms with Gasteiger partial charge in [0.1, 0.15) is 11.5 Å². The minimum Gasteiger partial charge on any atom is -0.494 e. The summed E-state index contributed by atoms with van der Waals surface area (Å²) in [5.74, 6) is 1.15. The first kappa shape index (κ1) is 34.7. The molecule has 0 fully saturated rings. The number of carbonyl (C=O) groups is 2. The number of aryl methyl sites for hydroxylation is 2. The van der Waals surface area contributed by atoms with E-state index in [1.807, 2.05) is 0 Å². The van der Waals surface area contributed by atoms with Gasteiger partial charge in [-0.3, -0.25) is 0 Å². The van der Waals surface area contributed by atoms with E-state index in [9.17, 15) is 9.59 Å². The second-order valence-electron chi connectivity index (χ2n) is 10.5. The molecule has 0 spiro atoms. The predicted octanol–water partition coefficient (Wildman–Crippen LogP) is 8.37. The van der Waals surface area contributed by atoms with Crippen LogP contribution in [0.3, 0.4) is 0 Å². The van der Waals surface area contributed by atoms with E-state index in [0.717, 1.165) is 75.7 Å². The fourth-order valence-corrected chi connectivity index (χ4v) is 4.48. The minimum absolute atomic E-state index is 0.352. The maximum Gasteiger partial charge on any atom is 0.330 e. The molecular weight excluding hydrogens is 528 g/mol. The normalized spacial score (nSPS) is 10.6. The van der Waals surface area contributed by atoms with Crippen molar-refractivity contribution in [3.05, 3.63) is 85.0 Å². The molecule has 0 heterocycles. The van der Waals surface area contributed by atoms with Gasteiger partial charge in [-0.2, -0.15) is 0 Å². The third kappa shape index (κ3) is 17.3. The molecule has 2 rings (SSSR count). The average molecular weight is 579 g/mol. The summed E-state index contributed by atoms with van der Waals surface area (Å²) in [6.07, 6.45) is 17.4. The maximum atomic E-state index is 11.0. The van der Waals surface area contributed by atoms with Gasteiger partial charge in [-0.15, -0.1) is 0 Å². The molecule has 0 bridgehead atoms. The molecule has 0 aliphatic rings. The van der Waals surface area contributed by atoms with Crippen molar-refractivity contribution in [2.75, 3.05) is 26.4 Å². The van der Waals surface area contributed by atoms with Crippen LogP contribution in [0.15, 0.2) is 73.8 Å². The van der Waals surface area contributed by atoms with E-state index in [0.29, 0.717) is 26.4 Å². The fourth-order valence-electron chi connectivity index (χ4n) is 4.48. The van der Waals surface area contributed by atoms with Crippen molar-refractivity contribution in [3.63, 3.8) is 0 Å². The summed E-state index contributed by atoms with van der Waals surface area (Å²) in [5, 5.41) is 0. The topological polar surface area (TPSA) is 71.1 Å². The van der Waals surface area contributed by atoms with Gasteiger partial charge in [0.2, 0.25) is 0 Å². The van der Waals surface area contributed by atoms with E-state index < -0.39 is 0 Å². The second kappa shape index (κ2) is 23.1. The molecule has 42 heavy (non-hydrogen) atoms. The highest BCUT2D eigenvalue weighted by molar-refractivity contribution is 5.81. The lowest BCUT2D eigenvalue weighted by atomic mass is 10.0. The molecule has 0 radical (unpaired) electrons. The molecule has 0 amide bonds. The summed E-state index contributed by atoms with van der Waals surface area (Å²) in [7, 11) is 0. The smallest absolute Gasteiger partial charge is 0.330 e. The van der Waals surface area contributed by atoms with Gasteiger partial charge in [-0.25, -0.2) is 9.59 Å². The van der Waals surface area contributed by atoms with E-state index in [1.54, 1.807) is 0 Å². The molecule has 0 aliphatic carbocycles. The van der Waals surface area contributed by atoms with Crippen molar-refractivity contribution in [3.8, 4) is 11.5 Å². The van der Waals surface area contributed by atoms with Crippen LogP contribution in [0.4, 0.5) is 0 Å². The molecule has 0 atom stereocenters. The Labute approximate surface area is 253 Å². The van der Waals surface area contributed by atoms with Crippen LogP contribution >= 0.6 is 0 Å². The van der Waals surface area contributed by atoms with Crippen molar-refractivity contribution >= 4 is 11.9 Å². The Morgan fingerprint density at radius 1 is 0.476 bits per heavy atom. The molecule has 0 N–H and O–H groups in total. The zero-order valence-corrected chi connectivity index (χ0v) is 25.4. The number of hydrogen-bond acceptors (Lipinski definition) is 6. The first-order chi connectivity index (χ1) is 20.6. The van der Waals surface area contributed by atoms with Gasteiger partial charge in [0.25, 0.3) is 0 Å². The van der Waals surface area contributed by atoms with Gasteiger partial charge in [0.05, 0.1) is 26.4 Å². The van der Waals surface area contributed by atoms with Gasteiger partial charge in [-0.1, -0.05) is 50.3 Å². The van der Waals surface area contributed by atoms with E-state index >= 15 is 0 Å². The molecule has 6 heteroatoms. The Bertz CT molecular complexity index is 929. The Kier molecular flexibility index (Phi) is 19.0. The van der Waals surface area contributed by atoms with Crippen molar-refractivity contribution in [1.82, 2.24) is 0 Å². The summed E-state index contributed by atoms with van der Waals surface area (Å²) < 4.78 is 21.7. The van der Waals surface area contributed by atoms with Crippen molar-refractivity contribution in [1.29, 1.82) is 0 Å². The predicted molar refractivity (Wildman–Crippen MR) is 169 cm³/mol. The summed E-state index contributed by atoms with van der Waals surface area (Å²) in [5.41, 5.74) is 2.72.